The Balaban J connectivity index is 1.08. The van der Waals surface area contributed by atoms with Gasteiger partial charge in [0.1, 0.15) is 11.2 Å². The number of hydrogen-bond donors (Lipinski definition) is 0. The molecule has 0 aliphatic rings. The van der Waals surface area contributed by atoms with E-state index < -0.39 is 0 Å². The fraction of sp³-hybridized carbons (Fsp3) is 0. The summed E-state index contributed by atoms with van der Waals surface area (Å²) in [5.74, 6) is 0. The molecule has 0 amide bonds. The standard InChI is InChI=1S/C52H30OS/c1-2-12-31(13-3-1)47-38-16-6-8-18-40(38)48(41-19-9-7-17-39(41)47)35-24-22-33-29-36(25-23-32(33)28-35)49-37-15-5-4-14-34(37)30-43-51-46(54-52(43)49)27-26-45-50(51)42-20-10-11-21-44(42)53-45/h1-30H. The summed E-state index contributed by atoms with van der Waals surface area (Å²) >= 11 is 1.89. The van der Waals surface area contributed by atoms with Gasteiger partial charge in [-0.2, -0.15) is 0 Å². The van der Waals surface area contributed by atoms with Crippen molar-refractivity contribution in [2.75, 3.05) is 0 Å². The molecule has 0 bridgehead atoms. The molecule has 12 aromatic rings. The Hall–Kier alpha value is -6.74. The summed E-state index contributed by atoms with van der Waals surface area (Å²) in [4.78, 5) is 0. The second kappa shape index (κ2) is 11.4. The van der Waals surface area contributed by atoms with Crippen molar-refractivity contribution in [1.29, 1.82) is 0 Å². The summed E-state index contributed by atoms with van der Waals surface area (Å²) < 4.78 is 8.94. The highest BCUT2D eigenvalue weighted by Gasteiger charge is 2.20. The van der Waals surface area contributed by atoms with Gasteiger partial charge in [-0.3, -0.25) is 0 Å². The molecule has 2 heteroatoms. The SMILES string of the molecule is c1ccc(-c2c3ccccc3c(-c3ccc4cc(-c5c6ccccc6cc6c5sc5ccc7oc8ccccc8c7c56)ccc4c3)c3ccccc23)cc1. The van der Waals surface area contributed by atoms with Crippen LogP contribution in [0.4, 0.5) is 0 Å². The van der Waals surface area contributed by atoms with Crippen molar-refractivity contribution in [3.63, 3.8) is 0 Å². The van der Waals surface area contributed by atoms with Crippen LogP contribution < -0.4 is 0 Å². The van der Waals surface area contributed by atoms with Gasteiger partial charge in [0, 0.05) is 36.5 Å². The lowest BCUT2D eigenvalue weighted by Crippen LogP contribution is -1.91. The van der Waals surface area contributed by atoms with E-state index in [4.69, 9.17) is 4.42 Å². The highest BCUT2D eigenvalue weighted by Crippen LogP contribution is 2.49. The Labute approximate surface area is 314 Å². The van der Waals surface area contributed by atoms with E-state index in [1.54, 1.807) is 0 Å². The molecule has 0 spiro atoms. The zero-order valence-electron chi connectivity index (χ0n) is 29.1. The maximum Gasteiger partial charge on any atom is 0.136 e. The molecule has 250 valence electrons. The number of benzene rings is 10. The molecule has 0 radical (unpaired) electrons. The summed E-state index contributed by atoms with van der Waals surface area (Å²) in [5, 5.41) is 15.0. The van der Waals surface area contributed by atoms with Gasteiger partial charge in [-0.05, 0) is 107 Å². The molecular formula is C52H30OS. The van der Waals surface area contributed by atoms with E-state index in [0.29, 0.717) is 0 Å². The van der Waals surface area contributed by atoms with E-state index in [0.717, 1.165) is 11.2 Å². The summed E-state index contributed by atoms with van der Waals surface area (Å²) in [6, 6.07) is 66.7. The van der Waals surface area contributed by atoms with Crippen molar-refractivity contribution >= 4 is 96.5 Å². The van der Waals surface area contributed by atoms with Gasteiger partial charge < -0.3 is 4.42 Å². The van der Waals surface area contributed by atoms with Crippen LogP contribution in [0.15, 0.2) is 186 Å². The van der Waals surface area contributed by atoms with E-state index in [1.165, 1.54) is 107 Å². The monoisotopic (exact) mass is 702 g/mol. The van der Waals surface area contributed by atoms with E-state index >= 15 is 0 Å². The highest BCUT2D eigenvalue weighted by atomic mass is 32.1. The normalized spacial score (nSPS) is 12.1. The van der Waals surface area contributed by atoms with Crippen molar-refractivity contribution in [2.24, 2.45) is 0 Å². The van der Waals surface area contributed by atoms with Crippen molar-refractivity contribution in [2.45, 2.75) is 0 Å². The van der Waals surface area contributed by atoms with Gasteiger partial charge in [0.25, 0.3) is 0 Å². The van der Waals surface area contributed by atoms with Gasteiger partial charge in [-0.15, -0.1) is 11.3 Å². The fourth-order valence-corrected chi connectivity index (χ4v) is 10.3. The third-order valence-electron chi connectivity index (χ3n) is 11.4. The molecule has 0 aliphatic heterocycles. The summed E-state index contributed by atoms with van der Waals surface area (Å²) in [7, 11) is 0. The van der Waals surface area contributed by atoms with Crippen molar-refractivity contribution in [3.8, 4) is 33.4 Å². The minimum absolute atomic E-state index is 0.933. The molecule has 0 N–H and O–H groups in total. The zero-order chi connectivity index (χ0) is 35.3. The van der Waals surface area contributed by atoms with Gasteiger partial charge in [-0.1, -0.05) is 146 Å². The second-order valence-electron chi connectivity index (χ2n) is 14.3. The number of fused-ring (bicyclic) bond motifs is 11. The molecular weight excluding hydrogens is 673 g/mol. The van der Waals surface area contributed by atoms with E-state index in [2.05, 4.69) is 176 Å². The van der Waals surface area contributed by atoms with Crippen LogP contribution in [0.2, 0.25) is 0 Å². The number of rotatable bonds is 3. The lowest BCUT2D eigenvalue weighted by atomic mass is 9.85. The third-order valence-corrected chi connectivity index (χ3v) is 12.6. The predicted octanol–water partition coefficient (Wildman–Crippen LogP) is 15.6. The molecule has 1 nitrogen and oxygen atoms in total. The van der Waals surface area contributed by atoms with Crippen molar-refractivity contribution in [1.82, 2.24) is 0 Å². The molecule has 0 fully saturated rings. The van der Waals surface area contributed by atoms with E-state index in [1.807, 2.05) is 17.4 Å². The summed E-state index contributed by atoms with van der Waals surface area (Å²) in [6.45, 7) is 0. The van der Waals surface area contributed by atoms with Crippen molar-refractivity contribution < 1.29 is 4.42 Å². The summed E-state index contributed by atoms with van der Waals surface area (Å²) in [6.07, 6.45) is 0. The van der Waals surface area contributed by atoms with Crippen LogP contribution in [0.3, 0.4) is 0 Å². The van der Waals surface area contributed by atoms with Crippen molar-refractivity contribution in [3.05, 3.63) is 182 Å². The fourth-order valence-electron chi connectivity index (χ4n) is 9.08. The zero-order valence-corrected chi connectivity index (χ0v) is 30.0. The van der Waals surface area contributed by atoms with Gasteiger partial charge in [0.15, 0.2) is 0 Å². The Morgan fingerprint density at radius 2 is 0.870 bits per heavy atom. The first kappa shape index (κ1) is 29.8. The van der Waals surface area contributed by atoms with Crippen LogP contribution >= 0.6 is 11.3 Å². The Morgan fingerprint density at radius 1 is 0.315 bits per heavy atom. The lowest BCUT2D eigenvalue weighted by Gasteiger charge is -2.18. The first-order chi connectivity index (χ1) is 26.8. The maximum absolute atomic E-state index is 6.35. The van der Waals surface area contributed by atoms with Crippen LogP contribution in [0, 0.1) is 0 Å². The first-order valence-corrected chi connectivity index (χ1v) is 19.3. The van der Waals surface area contributed by atoms with E-state index in [9.17, 15) is 0 Å². The largest absolute Gasteiger partial charge is 0.456 e. The first-order valence-electron chi connectivity index (χ1n) is 18.5. The lowest BCUT2D eigenvalue weighted by molar-refractivity contribution is 0.669. The molecule has 0 unspecified atom stereocenters. The van der Waals surface area contributed by atoms with Gasteiger partial charge in [0.2, 0.25) is 0 Å². The average molecular weight is 703 g/mol. The Bertz CT molecular complexity index is 3440. The molecule has 0 aliphatic carbocycles. The molecule has 12 rings (SSSR count). The third kappa shape index (κ3) is 4.26. The van der Waals surface area contributed by atoms with Crippen LogP contribution in [-0.2, 0) is 0 Å². The smallest absolute Gasteiger partial charge is 0.136 e. The number of para-hydroxylation sites is 1. The number of hydrogen-bond acceptors (Lipinski definition) is 2. The highest BCUT2D eigenvalue weighted by molar-refractivity contribution is 7.26. The van der Waals surface area contributed by atoms with Gasteiger partial charge >= 0.3 is 0 Å². The molecule has 54 heavy (non-hydrogen) atoms. The predicted molar refractivity (Wildman–Crippen MR) is 233 cm³/mol. The minimum Gasteiger partial charge on any atom is -0.456 e. The molecule has 0 saturated heterocycles. The quantitative estimate of drug-likeness (QED) is 0.167. The van der Waals surface area contributed by atoms with Crippen LogP contribution in [0.25, 0.3) is 119 Å². The molecule has 0 atom stereocenters. The second-order valence-corrected chi connectivity index (χ2v) is 15.4. The molecule has 2 aromatic heterocycles. The maximum atomic E-state index is 6.35. The minimum atomic E-state index is 0.933. The average Bonchev–Trinajstić information content (AvgIpc) is 3.79. The number of thiophene rings is 1. The molecule has 10 aromatic carbocycles. The number of furan rings is 1. The Morgan fingerprint density at radius 3 is 1.56 bits per heavy atom. The molecule has 0 saturated carbocycles. The van der Waals surface area contributed by atoms with Crippen LogP contribution in [0.5, 0.6) is 0 Å². The van der Waals surface area contributed by atoms with Crippen LogP contribution in [0.1, 0.15) is 0 Å². The van der Waals surface area contributed by atoms with Gasteiger partial charge in [0.05, 0.1) is 0 Å². The topological polar surface area (TPSA) is 13.1 Å². The molecule has 2 heterocycles. The van der Waals surface area contributed by atoms with Gasteiger partial charge in [-0.25, -0.2) is 0 Å². The van der Waals surface area contributed by atoms with E-state index in [-0.39, 0.29) is 0 Å². The summed E-state index contributed by atoms with van der Waals surface area (Å²) in [5.41, 5.74) is 9.45. The Kier molecular flexibility index (Phi) is 6.28. The van der Waals surface area contributed by atoms with Crippen LogP contribution in [-0.4, -0.2) is 0 Å².